The van der Waals surface area contributed by atoms with Crippen LogP contribution in [0.5, 0.6) is 11.5 Å². The van der Waals surface area contributed by atoms with E-state index < -0.39 is 23.4 Å². The monoisotopic (exact) mass is 310 g/mol. The van der Waals surface area contributed by atoms with Crippen molar-refractivity contribution in [2.45, 2.75) is 31.7 Å². The third-order valence-electron chi connectivity index (χ3n) is 3.41. The largest absolute Gasteiger partial charge is 0.504 e. The van der Waals surface area contributed by atoms with E-state index >= 15 is 0 Å². The molecule has 0 radical (unpaired) electrons. The first-order chi connectivity index (χ1) is 10.2. The predicted molar refractivity (Wildman–Crippen MR) is 78.0 cm³/mol. The molecule has 7 heteroatoms. The standard InChI is InChI=1S/C15H18O7/c1-15(2,20)13(18)10(17)8-6-7-4-5-9(16)12(21-3)11(7)22-14(8)19/h4-6,10,13,16-18,20H,1-3H3. The number of hydrogen-bond acceptors (Lipinski definition) is 7. The number of methoxy groups -OCH3 is 1. The van der Waals surface area contributed by atoms with E-state index in [-0.39, 0.29) is 22.6 Å². The fourth-order valence-corrected chi connectivity index (χ4v) is 2.12. The van der Waals surface area contributed by atoms with E-state index in [2.05, 4.69) is 0 Å². The third-order valence-corrected chi connectivity index (χ3v) is 3.41. The van der Waals surface area contributed by atoms with Crippen LogP contribution in [0.4, 0.5) is 0 Å². The van der Waals surface area contributed by atoms with E-state index in [9.17, 15) is 25.2 Å². The van der Waals surface area contributed by atoms with Gasteiger partial charge in [-0.3, -0.25) is 0 Å². The van der Waals surface area contributed by atoms with E-state index in [4.69, 9.17) is 9.15 Å². The van der Waals surface area contributed by atoms with Gasteiger partial charge in [0, 0.05) is 5.39 Å². The summed E-state index contributed by atoms with van der Waals surface area (Å²) in [4.78, 5) is 12.0. The Morgan fingerprint density at radius 1 is 1.27 bits per heavy atom. The molecule has 0 saturated heterocycles. The van der Waals surface area contributed by atoms with Gasteiger partial charge in [0.1, 0.15) is 12.2 Å². The van der Waals surface area contributed by atoms with Gasteiger partial charge in [-0.1, -0.05) is 0 Å². The zero-order valence-corrected chi connectivity index (χ0v) is 12.4. The number of phenols is 1. The molecule has 1 heterocycles. The number of aromatic hydroxyl groups is 1. The Hall–Kier alpha value is -2.09. The van der Waals surface area contributed by atoms with Crippen molar-refractivity contribution in [1.29, 1.82) is 0 Å². The summed E-state index contributed by atoms with van der Waals surface area (Å²) in [5.74, 6) is -0.193. The average molecular weight is 310 g/mol. The minimum absolute atomic E-state index is 0.00123. The molecule has 120 valence electrons. The molecule has 4 N–H and O–H groups in total. The molecule has 22 heavy (non-hydrogen) atoms. The van der Waals surface area contributed by atoms with E-state index in [1.807, 2.05) is 0 Å². The summed E-state index contributed by atoms with van der Waals surface area (Å²) in [6, 6.07) is 4.15. The highest BCUT2D eigenvalue weighted by atomic mass is 16.5. The first-order valence-corrected chi connectivity index (χ1v) is 6.59. The quantitative estimate of drug-likeness (QED) is 0.613. The Bertz CT molecular complexity index is 742. The van der Waals surface area contributed by atoms with Gasteiger partial charge in [-0.25, -0.2) is 4.79 Å². The number of fused-ring (bicyclic) bond motifs is 1. The molecule has 7 nitrogen and oxygen atoms in total. The molecule has 1 aromatic carbocycles. The Balaban J connectivity index is 2.61. The fraction of sp³-hybridized carbons (Fsp3) is 0.400. The highest BCUT2D eigenvalue weighted by Gasteiger charge is 2.34. The van der Waals surface area contributed by atoms with Crippen molar-refractivity contribution < 1.29 is 29.6 Å². The summed E-state index contributed by atoms with van der Waals surface area (Å²) in [7, 11) is 1.31. The second-order valence-corrected chi connectivity index (χ2v) is 5.57. The van der Waals surface area contributed by atoms with Crippen LogP contribution in [0.15, 0.2) is 27.4 Å². The molecule has 1 aromatic heterocycles. The Kier molecular flexibility index (Phi) is 4.15. The van der Waals surface area contributed by atoms with Gasteiger partial charge in [0.05, 0.1) is 18.3 Å². The third kappa shape index (κ3) is 2.78. The Morgan fingerprint density at radius 3 is 2.45 bits per heavy atom. The summed E-state index contributed by atoms with van der Waals surface area (Å²) in [6.07, 6.45) is -3.20. The average Bonchev–Trinajstić information content (AvgIpc) is 2.44. The van der Waals surface area contributed by atoms with E-state index in [1.54, 1.807) is 0 Å². The van der Waals surface area contributed by atoms with Crippen LogP contribution >= 0.6 is 0 Å². The normalized spacial score (nSPS) is 14.8. The van der Waals surface area contributed by atoms with Crippen LogP contribution in [-0.2, 0) is 0 Å². The maximum atomic E-state index is 12.0. The molecule has 2 unspecified atom stereocenters. The van der Waals surface area contributed by atoms with Gasteiger partial charge in [0.2, 0.25) is 5.75 Å². The molecule has 0 fully saturated rings. The number of aliphatic hydroxyl groups is 3. The Morgan fingerprint density at radius 2 is 1.91 bits per heavy atom. The van der Waals surface area contributed by atoms with Crippen LogP contribution in [0, 0.1) is 0 Å². The van der Waals surface area contributed by atoms with Crippen LogP contribution in [0.3, 0.4) is 0 Å². The lowest BCUT2D eigenvalue weighted by molar-refractivity contribution is -0.108. The van der Waals surface area contributed by atoms with Crippen LogP contribution in [0.1, 0.15) is 25.5 Å². The highest BCUT2D eigenvalue weighted by molar-refractivity contribution is 5.85. The van der Waals surface area contributed by atoms with Crippen molar-refractivity contribution in [2.24, 2.45) is 0 Å². The molecule has 0 amide bonds. The van der Waals surface area contributed by atoms with Gasteiger partial charge >= 0.3 is 5.63 Å². The Labute approximate surface area is 126 Å². The zero-order valence-electron chi connectivity index (χ0n) is 12.4. The second-order valence-electron chi connectivity index (χ2n) is 5.57. The van der Waals surface area contributed by atoms with Crippen molar-refractivity contribution in [3.63, 3.8) is 0 Å². The lowest BCUT2D eigenvalue weighted by Crippen LogP contribution is -2.41. The molecule has 0 saturated carbocycles. The van der Waals surface area contributed by atoms with Gasteiger partial charge in [-0.15, -0.1) is 0 Å². The van der Waals surface area contributed by atoms with E-state index in [0.29, 0.717) is 5.39 Å². The van der Waals surface area contributed by atoms with Gasteiger partial charge in [-0.2, -0.15) is 0 Å². The summed E-state index contributed by atoms with van der Waals surface area (Å²) in [5.41, 5.74) is -2.67. The molecule has 2 rings (SSSR count). The first kappa shape index (κ1) is 16.3. The highest BCUT2D eigenvalue weighted by Crippen LogP contribution is 2.35. The first-order valence-electron chi connectivity index (χ1n) is 6.59. The van der Waals surface area contributed by atoms with Gasteiger partial charge in [0.25, 0.3) is 0 Å². The lowest BCUT2D eigenvalue weighted by atomic mass is 9.93. The van der Waals surface area contributed by atoms with Gasteiger partial charge < -0.3 is 29.6 Å². The van der Waals surface area contributed by atoms with Crippen molar-refractivity contribution in [3.05, 3.63) is 34.2 Å². The number of ether oxygens (including phenoxy) is 1. The molecule has 0 aliphatic heterocycles. The molecule has 0 bridgehead atoms. The topological polar surface area (TPSA) is 120 Å². The van der Waals surface area contributed by atoms with Crippen molar-refractivity contribution in [1.82, 2.24) is 0 Å². The van der Waals surface area contributed by atoms with Crippen molar-refractivity contribution in [3.8, 4) is 11.5 Å². The van der Waals surface area contributed by atoms with Crippen molar-refractivity contribution >= 4 is 11.0 Å². The summed E-state index contributed by atoms with van der Waals surface area (Å²) in [5, 5.41) is 39.8. The molecule has 0 spiro atoms. The number of rotatable bonds is 4. The van der Waals surface area contributed by atoms with Crippen LogP contribution in [-0.4, -0.2) is 39.2 Å². The molecular formula is C15H18O7. The lowest BCUT2D eigenvalue weighted by Gasteiger charge is -2.28. The van der Waals surface area contributed by atoms with Crippen LogP contribution < -0.4 is 10.4 Å². The molecule has 0 aliphatic carbocycles. The summed E-state index contributed by atoms with van der Waals surface area (Å²) >= 11 is 0. The van der Waals surface area contributed by atoms with E-state index in [0.717, 1.165) is 0 Å². The number of phenolic OH excluding ortho intramolecular Hbond substituents is 1. The SMILES string of the molecule is COc1c(O)ccc2cc(C(O)C(O)C(C)(C)O)c(=O)oc12. The molecule has 2 aromatic rings. The van der Waals surface area contributed by atoms with Crippen LogP contribution in [0.2, 0.25) is 0 Å². The number of aliphatic hydroxyl groups excluding tert-OH is 2. The number of benzene rings is 1. The van der Waals surface area contributed by atoms with E-state index in [1.165, 1.54) is 39.2 Å². The minimum atomic E-state index is -1.62. The van der Waals surface area contributed by atoms with Gasteiger partial charge in [-0.05, 0) is 32.0 Å². The molecular weight excluding hydrogens is 292 g/mol. The minimum Gasteiger partial charge on any atom is -0.504 e. The number of hydrogen-bond donors (Lipinski definition) is 4. The molecule has 0 aliphatic rings. The fourth-order valence-electron chi connectivity index (χ4n) is 2.12. The van der Waals surface area contributed by atoms with Crippen LogP contribution in [0.25, 0.3) is 11.0 Å². The van der Waals surface area contributed by atoms with Gasteiger partial charge in [0.15, 0.2) is 11.3 Å². The summed E-state index contributed by atoms with van der Waals surface area (Å²) in [6.45, 7) is 2.62. The maximum Gasteiger partial charge on any atom is 0.342 e. The maximum absolute atomic E-state index is 12.0. The zero-order chi connectivity index (χ0) is 16.7. The predicted octanol–water partition coefficient (Wildman–Crippen LogP) is 0.672. The summed E-state index contributed by atoms with van der Waals surface area (Å²) < 4.78 is 10.1. The second kappa shape index (κ2) is 5.60. The van der Waals surface area contributed by atoms with Crippen molar-refractivity contribution in [2.75, 3.05) is 7.11 Å². The smallest absolute Gasteiger partial charge is 0.342 e. The molecule has 2 atom stereocenters.